The molecule has 0 saturated heterocycles. The van der Waals surface area contributed by atoms with Crippen LogP contribution in [0.3, 0.4) is 0 Å². The molecule has 0 aliphatic rings. The molecule has 0 aliphatic heterocycles. The van der Waals surface area contributed by atoms with Crippen LogP contribution in [0.5, 0.6) is 0 Å². The summed E-state index contributed by atoms with van der Waals surface area (Å²) in [6, 6.07) is 5.08. The third-order valence-corrected chi connectivity index (χ3v) is 3.13. The number of carbonyl (C=O) groups is 2. The molecule has 1 aromatic rings. The normalized spacial score (nSPS) is 13.7. The predicted octanol–water partition coefficient (Wildman–Crippen LogP) is 1.77. The summed E-state index contributed by atoms with van der Waals surface area (Å²) in [7, 11) is 0. The average Bonchev–Trinajstić information content (AvgIpc) is 2.45. The number of halogens is 3. The number of benzene rings is 1. The Labute approximate surface area is 131 Å². The van der Waals surface area contributed by atoms with Gasteiger partial charge in [-0.05, 0) is 31.0 Å². The first kappa shape index (κ1) is 18.5. The van der Waals surface area contributed by atoms with Crippen molar-refractivity contribution in [3.05, 3.63) is 35.4 Å². The zero-order valence-corrected chi connectivity index (χ0v) is 12.4. The van der Waals surface area contributed by atoms with Crippen molar-refractivity contribution in [3.63, 3.8) is 0 Å². The molecule has 0 heterocycles. The largest absolute Gasteiger partial charge is 0.416 e. The van der Waals surface area contributed by atoms with Crippen LogP contribution in [-0.2, 0) is 22.2 Å². The Morgan fingerprint density at radius 2 is 1.87 bits per heavy atom. The van der Waals surface area contributed by atoms with Gasteiger partial charge in [-0.3, -0.25) is 9.59 Å². The minimum atomic E-state index is -4.44. The maximum atomic E-state index is 12.4. The van der Waals surface area contributed by atoms with E-state index < -0.39 is 35.5 Å². The Morgan fingerprint density at radius 1 is 1.30 bits per heavy atom. The first-order valence-corrected chi connectivity index (χ1v) is 6.78. The lowest BCUT2D eigenvalue weighted by molar-refractivity contribution is -0.137. The highest BCUT2D eigenvalue weighted by Crippen LogP contribution is 2.29. The van der Waals surface area contributed by atoms with E-state index in [2.05, 4.69) is 5.32 Å². The van der Waals surface area contributed by atoms with Gasteiger partial charge in [-0.25, -0.2) is 0 Å². The van der Waals surface area contributed by atoms with E-state index in [9.17, 15) is 22.8 Å². The topological polar surface area (TPSA) is 96.0 Å². The number of nitriles is 1. The van der Waals surface area contributed by atoms with E-state index in [1.807, 2.05) is 6.07 Å². The molecule has 124 valence electrons. The Morgan fingerprint density at radius 3 is 2.30 bits per heavy atom. The third kappa shape index (κ3) is 5.98. The van der Waals surface area contributed by atoms with Gasteiger partial charge in [0.05, 0.1) is 18.1 Å². The average molecular weight is 327 g/mol. The number of primary amides is 1. The lowest BCUT2D eigenvalue weighted by Gasteiger charge is -2.16. The molecule has 1 aromatic carbocycles. The Balaban J connectivity index is 2.68. The highest BCUT2D eigenvalue weighted by Gasteiger charge is 2.30. The number of rotatable bonds is 6. The minimum absolute atomic E-state index is 0.0740. The Bertz CT molecular complexity index is 606. The fraction of sp³-hybridized carbons (Fsp3) is 0.400. The summed E-state index contributed by atoms with van der Waals surface area (Å²) in [6.07, 6.45) is -4.56. The highest BCUT2D eigenvalue weighted by atomic mass is 19.4. The van der Waals surface area contributed by atoms with E-state index in [1.54, 1.807) is 6.92 Å². The van der Waals surface area contributed by atoms with E-state index in [0.29, 0.717) is 5.56 Å². The molecule has 0 bridgehead atoms. The van der Waals surface area contributed by atoms with E-state index in [0.717, 1.165) is 12.1 Å². The van der Waals surface area contributed by atoms with Crippen molar-refractivity contribution in [1.29, 1.82) is 5.26 Å². The Kier molecular flexibility index (Phi) is 6.13. The van der Waals surface area contributed by atoms with E-state index in [1.165, 1.54) is 12.1 Å². The SMILES string of the molecule is C[C@H](C#N)C[C@@H](NC(=O)Cc1ccc(C(F)(F)F)cc1)C(N)=O. The maximum Gasteiger partial charge on any atom is 0.416 e. The molecule has 1 rings (SSSR count). The summed E-state index contributed by atoms with van der Waals surface area (Å²) in [5, 5.41) is 11.1. The van der Waals surface area contributed by atoms with Crippen LogP contribution in [0.25, 0.3) is 0 Å². The van der Waals surface area contributed by atoms with Crippen LogP contribution in [0.2, 0.25) is 0 Å². The van der Waals surface area contributed by atoms with Crippen LogP contribution in [-0.4, -0.2) is 17.9 Å². The standard InChI is InChI=1S/C15H16F3N3O2/c1-9(8-19)6-12(14(20)23)21-13(22)7-10-2-4-11(5-3-10)15(16,17)18/h2-5,9,12H,6-7H2,1H3,(H2,20,23)(H,21,22)/t9-,12+/m0/s1. The zero-order valence-electron chi connectivity index (χ0n) is 12.4. The molecule has 0 aliphatic carbocycles. The summed E-state index contributed by atoms with van der Waals surface area (Å²) < 4.78 is 37.3. The van der Waals surface area contributed by atoms with Crippen molar-refractivity contribution in [2.45, 2.75) is 32.0 Å². The van der Waals surface area contributed by atoms with E-state index >= 15 is 0 Å². The van der Waals surface area contributed by atoms with Crippen LogP contribution >= 0.6 is 0 Å². The molecule has 5 nitrogen and oxygen atoms in total. The smallest absolute Gasteiger partial charge is 0.368 e. The van der Waals surface area contributed by atoms with Crippen LogP contribution < -0.4 is 11.1 Å². The van der Waals surface area contributed by atoms with Gasteiger partial charge in [-0.15, -0.1) is 0 Å². The quantitative estimate of drug-likeness (QED) is 0.833. The lowest BCUT2D eigenvalue weighted by atomic mass is 10.0. The van der Waals surface area contributed by atoms with Gasteiger partial charge in [0, 0.05) is 5.92 Å². The number of carbonyl (C=O) groups excluding carboxylic acids is 2. The molecule has 2 atom stereocenters. The fourth-order valence-electron chi connectivity index (χ4n) is 1.89. The molecule has 0 fully saturated rings. The second kappa shape index (κ2) is 7.63. The van der Waals surface area contributed by atoms with Crippen molar-refractivity contribution in [3.8, 4) is 6.07 Å². The molecule has 0 unspecified atom stereocenters. The molecule has 0 radical (unpaired) electrons. The zero-order chi connectivity index (χ0) is 17.6. The van der Waals surface area contributed by atoms with Gasteiger partial charge >= 0.3 is 6.18 Å². The molecule has 2 amide bonds. The van der Waals surface area contributed by atoms with E-state index in [-0.39, 0.29) is 12.8 Å². The monoisotopic (exact) mass is 327 g/mol. The van der Waals surface area contributed by atoms with Crippen molar-refractivity contribution in [2.24, 2.45) is 11.7 Å². The summed E-state index contributed by atoms with van der Waals surface area (Å²) >= 11 is 0. The van der Waals surface area contributed by atoms with Crippen LogP contribution in [0, 0.1) is 17.2 Å². The summed E-state index contributed by atoms with van der Waals surface area (Å²) in [5.74, 6) is -1.80. The number of nitrogens with one attached hydrogen (secondary N) is 1. The molecule has 3 N–H and O–H groups in total. The molecule has 0 saturated carbocycles. The molecule has 23 heavy (non-hydrogen) atoms. The summed E-state index contributed by atoms with van der Waals surface area (Å²) in [5.41, 5.74) is 4.72. The number of hydrogen-bond donors (Lipinski definition) is 2. The first-order chi connectivity index (χ1) is 10.6. The molecule has 0 spiro atoms. The molecule has 8 heteroatoms. The third-order valence-electron chi connectivity index (χ3n) is 3.13. The van der Waals surface area contributed by atoms with Crippen molar-refractivity contribution in [2.75, 3.05) is 0 Å². The van der Waals surface area contributed by atoms with Crippen molar-refractivity contribution in [1.82, 2.24) is 5.32 Å². The van der Waals surface area contributed by atoms with Crippen molar-refractivity contribution < 1.29 is 22.8 Å². The maximum absolute atomic E-state index is 12.4. The fourth-order valence-corrected chi connectivity index (χ4v) is 1.89. The van der Waals surface area contributed by atoms with Crippen LogP contribution in [0.15, 0.2) is 24.3 Å². The van der Waals surface area contributed by atoms with Crippen LogP contribution in [0.1, 0.15) is 24.5 Å². The second-order valence-corrected chi connectivity index (χ2v) is 5.16. The summed E-state index contributed by atoms with van der Waals surface area (Å²) in [6.45, 7) is 1.58. The van der Waals surface area contributed by atoms with Crippen LogP contribution in [0.4, 0.5) is 13.2 Å². The number of hydrogen-bond acceptors (Lipinski definition) is 3. The lowest BCUT2D eigenvalue weighted by Crippen LogP contribution is -2.45. The first-order valence-electron chi connectivity index (χ1n) is 6.78. The number of amides is 2. The Hall–Kier alpha value is -2.56. The van der Waals surface area contributed by atoms with E-state index in [4.69, 9.17) is 11.0 Å². The van der Waals surface area contributed by atoms with Gasteiger partial charge in [0.15, 0.2) is 0 Å². The van der Waals surface area contributed by atoms with Gasteiger partial charge in [0.1, 0.15) is 6.04 Å². The number of nitrogens with two attached hydrogens (primary N) is 1. The molecular weight excluding hydrogens is 311 g/mol. The highest BCUT2D eigenvalue weighted by molar-refractivity contribution is 5.87. The van der Waals surface area contributed by atoms with Crippen molar-refractivity contribution >= 4 is 11.8 Å². The predicted molar refractivity (Wildman–Crippen MR) is 75.7 cm³/mol. The number of alkyl halides is 3. The van der Waals surface area contributed by atoms with Gasteiger partial charge in [-0.2, -0.15) is 18.4 Å². The second-order valence-electron chi connectivity index (χ2n) is 5.16. The molecule has 0 aromatic heterocycles. The van der Waals surface area contributed by atoms with Gasteiger partial charge < -0.3 is 11.1 Å². The minimum Gasteiger partial charge on any atom is -0.368 e. The van der Waals surface area contributed by atoms with Gasteiger partial charge in [-0.1, -0.05) is 12.1 Å². The molecular formula is C15H16F3N3O2. The summed E-state index contributed by atoms with van der Waals surface area (Å²) in [4.78, 5) is 23.1. The number of nitrogens with zero attached hydrogens (tertiary/aromatic N) is 1. The van der Waals surface area contributed by atoms with Gasteiger partial charge in [0.2, 0.25) is 11.8 Å². The van der Waals surface area contributed by atoms with Gasteiger partial charge in [0.25, 0.3) is 0 Å².